The van der Waals surface area contributed by atoms with Crippen molar-refractivity contribution in [2.75, 3.05) is 52.4 Å². The van der Waals surface area contributed by atoms with Gasteiger partial charge in [0.05, 0.1) is 18.8 Å². The number of rotatable bonds is 5. The molecule has 3 saturated heterocycles. The minimum Gasteiger partial charge on any atom is -0.394 e. The van der Waals surface area contributed by atoms with Gasteiger partial charge in [-0.05, 0) is 0 Å². The van der Waals surface area contributed by atoms with Crippen molar-refractivity contribution in [3.63, 3.8) is 0 Å². The van der Waals surface area contributed by atoms with Gasteiger partial charge in [-0.3, -0.25) is 9.59 Å². The van der Waals surface area contributed by atoms with E-state index in [2.05, 4.69) is 4.99 Å². The van der Waals surface area contributed by atoms with Gasteiger partial charge in [0.25, 0.3) is 0 Å². The van der Waals surface area contributed by atoms with Gasteiger partial charge in [0, 0.05) is 45.3 Å². The lowest BCUT2D eigenvalue weighted by atomic mass is 10.0. The van der Waals surface area contributed by atoms with Crippen LogP contribution in [-0.4, -0.2) is 89.9 Å². The largest absolute Gasteiger partial charge is 0.394 e. The van der Waals surface area contributed by atoms with Gasteiger partial charge in [0.15, 0.2) is 0 Å². The van der Waals surface area contributed by atoms with Crippen LogP contribution < -0.4 is 0 Å². The van der Waals surface area contributed by atoms with E-state index in [-0.39, 0.29) is 24.7 Å². The van der Waals surface area contributed by atoms with Crippen molar-refractivity contribution in [3.05, 3.63) is 23.2 Å². The summed E-state index contributed by atoms with van der Waals surface area (Å²) in [6.07, 6.45) is 2.81. The summed E-state index contributed by atoms with van der Waals surface area (Å²) >= 11 is 0. The van der Waals surface area contributed by atoms with Crippen LogP contribution >= 0.6 is 0 Å². The van der Waals surface area contributed by atoms with Crippen molar-refractivity contribution in [2.24, 2.45) is 4.99 Å². The zero-order valence-corrected chi connectivity index (χ0v) is 12.7. The van der Waals surface area contributed by atoms with Crippen LogP contribution in [0.25, 0.3) is 0 Å². The summed E-state index contributed by atoms with van der Waals surface area (Å²) in [7, 11) is 0. The Bertz CT molecular complexity index is 636. The molecule has 8 nitrogen and oxygen atoms in total. The average Bonchev–Trinajstić information content (AvgIpc) is 3.41. The van der Waals surface area contributed by atoms with Crippen LogP contribution in [-0.2, 0) is 14.4 Å². The Hall–Kier alpha value is -2.44. The first-order valence-electron chi connectivity index (χ1n) is 7.61. The summed E-state index contributed by atoms with van der Waals surface area (Å²) in [4.78, 5) is 42.7. The second-order valence-electron chi connectivity index (χ2n) is 5.58. The molecule has 122 valence electrons. The topological polar surface area (TPSA) is 92.8 Å². The van der Waals surface area contributed by atoms with Crippen LogP contribution in [0, 0.1) is 0 Å². The minimum absolute atomic E-state index is 0.00546. The molecule has 0 spiro atoms. The van der Waals surface area contributed by atoms with E-state index in [0.717, 1.165) is 39.3 Å². The Morgan fingerprint density at radius 1 is 1.00 bits per heavy atom. The molecular weight excluding hydrogens is 300 g/mol. The third-order valence-electron chi connectivity index (χ3n) is 3.76. The number of nitrogens with zero attached hydrogens (tertiary/aromatic N) is 4. The highest BCUT2D eigenvalue weighted by molar-refractivity contribution is 6.22. The number of carbonyl (C=O) groups is 2. The highest BCUT2D eigenvalue weighted by atomic mass is 16.3. The maximum atomic E-state index is 12.4. The van der Waals surface area contributed by atoms with Crippen molar-refractivity contribution in [2.45, 2.75) is 0 Å². The molecule has 3 heterocycles. The molecule has 0 radical (unpaired) electrons. The number of isocyanates is 1. The SMILES string of the molecule is O=C1C=C(N2CC2)C(=O)C(N2CC2)=C1N1CC1.O=C=NCCO. The van der Waals surface area contributed by atoms with Gasteiger partial charge in [0.1, 0.15) is 11.4 Å². The fourth-order valence-electron chi connectivity index (χ4n) is 2.37. The van der Waals surface area contributed by atoms with E-state index in [9.17, 15) is 9.59 Å². The third kappa shape index (κ3) is 3.49. The molecule has 3 fully saturated rings. The van der Waals surface area contributed by atoms with Crippen molar-refractivity contribution in [1.82, 2.24) is 14.7 Å². The number of carbonyl (C=O) groups excluding carboxylic acids is 3. The van der Waals surface area contributed by atoms with Crippen molar-refractivity contribution >= 4 is 17.6 Å². The summed E-state index contributed by atoms with van der Waals surface area (Å²) in [5.74, 6) is 0.0485. The zero-order chi connectivity index (χ0) is 16.4. The number of aliphatic imine (C=N–C) groups is 1. The lowest BCUT2D eigenvalue weighted by molar-refractivity contribution is -0.117. The molecule has 3 aliphatic heterocycles. The fourth-order valence-corrected chi connectivity index (χ4v) is 2.37. The van der Waals surface area contributed by atoms with Crippen LogP contribution in [0.4, 0.5) is 0 Å². The van der Waals surface area contributed by atoms with Crippen LogP contribution in [0.5, 0.6) is 0 Å². The van der Waals surface area contributed by atoms with Gasteiger partial charge in [-0.25, -0.2) is 9.79 Å². The normalized spacial score (nSPS) is 21.4. The predicted octanol–water partition coefficient (Wildman–Crippen LogP) is -1.50. The lowest BCUT2D eigenvalue weighted by Gasteiger charge is -2.21. The first kappa shape index (κ1) is 15.5. The van der Waals surface area contributed by atoms with Gasteiger partial charge in [-0.15, -0.1) is 0 Å². The predicted molar refractivity (Wildman–Crippen MR) is 79.9 cm³/mol. The molecule has 8 heteroatoms. The Labute approximate surface area is 133 Å². The van der Waals surface area contributed by atoms with Crippen molar-refractivity contribution in [3.8, 4) is 0 Å². The summed E-state index contributed by atoms with van der Waals surface area (Å²) in [5.41, 5.74) is 1.89. The van der Waals surface area contributed by atoms with E-state index in [0.29, 0.717) is 17.1 Å². The highest BCUT2D eigenvalue weighted by Crippen LogP contribution is 2.33. The van der Waals surface area contributed by atoms with Gasteiger partial charge < -0.3 is 19.8 Å². The fraction of sp³-hybridized carbons (Fsp3) is 0.533. The van der Waals surface area contributed by atoms with E-state index in [4.69, 9.17) is 9.90 Å². The minimum atomic E-state index is -0.0742. The average molecular weight is 318 g/mol. The Balaban J connectivity index is 0.000000227. The molecule has 0 aromatic heterocycles. The molecule has 0 saturated carbocycles. The second-order valence-corrected chi connectivity index (χ2v) is 5.58. The first-order valence-corrected chi connectivity index (χ1v) is 7.61. The van der Waals surface area contributed by atoms with Gasteiger partial charge in [-0.1, -0.05) is 0 Å². The van der Waals surface area contributed by atoms with Crippen molar-refractivity contribution < 1.29 is 19.5 Å². The van der Waals surface area contributed by atoms with Gasteiger partial charge in [0.2, 0.25) is 17.6 Å². The molecule has 0 aromatic rings. The second kappa shape index (κ2) is 6.36. The molecule has 0 unspecified atom stereocenters. The molecule has 4 rings (SSSR count). The molecule has 1 N–H and O–H groups in total. The molecule has 23 heavy (non-hydrogen) atoms. The number of ketones is 2. The van der Waals surface area contributed by atoms with Crippen LogP contribution in [0.3, 0.4) is 0 Å². The quantitative estimate of drug-likeness (QED) is 0.285. The van der Waals surface area contributed by atoms with E-state index >= 15 is 0 Å². The molecule has 0 bridgehead atoms. The Morgan fingerprint density at radius 2 is 1.57 bits per heavy atom. The highest BCUT2D eigenvalue weighted by Gasteiger charge is 2.43. The standard InChI is InChI=1S/C12H13N3O2.C3H5NO2/c16-9-7-8(13-1-2-13)12(17)11(15-5-6-15)10(9)14-3-4-14;5-2-1-4-3-6/h7H,1-6H2;5H,1-2H2. The molecule has 1 aliphatic carbocycles. The monoisotopic (exact) mass is 318 g/mol. The van der Waals surface area contributed by atoms with Crippen LogP contribution in [0.2, 0.25) is 0 Å². The summed E-state index contributed by atoms with van der Waals surface area (Å²) in [6.45, 7) is 5.50. The molecular formula is C15H18N4O4. The Morgan fingerprint density at radius 3 is 2.00 bits per heavy atom. The van der Waals surface area contributed by atoms with Crippen LogP contribution in [0.1, 0.15) is 0 Å². The number of aliphatic hydroxyl groups is 1. The maximum absolute atomic E-state index is 12.4. The van der Waals surface area contributed by atoms with Crippen LogP contribution in [0.15, 0.2) is 28.2 Å². The molecule has 0 amide bonds. The summed E-state index contributed by atoms with van der Waals surface area (Å²) in [6, 6.07) is 0. The zero-order valence-electron chi connectivity index (χ0n) is 12.7. The number of Topliss-reactive ketones (excluding diaryl/α,β-unsaturated/α-hetero) is 1. The smallest absolute Gasteiger partial charge is 0.235 e. The lowest BCUT2D eigenvalue weighted by Crippen LogP contribution is -2.29. The number of hydrogen-bond acceptors (Lipinski definition) is 8. The number of hydrogen-bond donors (Lipinski definition) is 1. The number of aliphatic hydroxyl groups excluding tert-OH is 1. The van der Waals surface area contributed by atoms with E-state index in [1.54, 1.807) is 0 Å². The Kier molecular flexibility index (Phi) is 4.27. The summed E-state index contributed by atoms with van der Waals surface area (Å²) < 4.78 is 0. The van der Waals surface area contributed by atoms with Crippen molar-refractivity contribution in [1.29, 1.82) is 0 Å². The maximum Gasteiger partial charge on any atom is 0.235 e. The molecule has 0 aromatic carbocycles. The van der Waals surface area contributed by atoms with Gasteiger partial charge in [-0.2, -0.15) is 0 Å². The van der Waals surface area contributed by atoms with Gasteiger partial charge >= 0.3 is 0 Å². The third-order valence-corrected chi connectivity index (χ3v) is 3.76. The number of allylic oxidation sites excluding steroid dienone is 1. The first-order chi connectivity index (χ1) is 11.2. The van der Waals surface area contributed by atoms with E-state index in [1.807, 2.05) is 14.7 Å². The molecule has 0 atom stereocenters. The molecule has 4 aliphatic rings. The van der Waals surface area contributed by atoms with E-state index in [1.165, 1.54) is 12.2 Å². The van der Waals surface area contributed by atoms with E-state index < -0.39 is 0 Å². The summed E-state index contributed by atoms with van der Waals surface area (Å²) in [5, 5.41) is 7.92.